The molecule has 8 heteroatoms. The van der Waals surface area contributed by atoms with E-state index in [-0.39, 0.29) is 24.3 Å². The van der Waals surface area contributed by atoms with Gasteiger partial charge in [0.2, 0.25) is 10.0 Å². The lowest BCUT2D eigenvalue weighted by Gasteiger charge is -2.34. The van der Waals surface area contributed by atoms with Gasteiger partial charge >= 0.3 is 0 Å². The zero-order chi connectivity index (χ0) is 22.4. The highest BCUT2D eigenvalue weighted by molar-refractivity contribution is 7.92. The van der Waals surface area contributed by atoms with Crippen molar-refractivity contribution >= 4 is 21.6 Å². The van der Waals surface area contributed by atoms with Crippen LogP contribution >= 0.6 is 0 Å². The summed E-state index contributed by atoms with van der Waals surface area (Å²) in [5, 5.41) is 2.87. The molecule has 0 unspecified atom stereocenters. The molecular formula is C23H30N2O5S. The average molecular weight is 447 g/mol. The topological polar surface area (TPSA) is 84.9 Å². The Kier molecular flexibility index (Phi) is 7.43. The van der Waals surface area contributed by atoms with Crippen LogP contribution in [0.3, 0.4) is 0 Å². The van der Waals surface area contributed by atoms with Gasteiger partial charge in [0.15, 0.2) is 6.10 Å². The fourth-order valence-electron chi connectivity index (χ4n) is 3.38. The maximum atomic E-state index is 12.7. The Labute approximate surface area is 184 Å². The average Bonchev–Trinajstić information content (AvgIpc) is 2.76. The van der Waals surface area contributed by atoms with Crippen LogP contribution in [0.15, 0.2) is 48.5 Å². The molecule has 0 spiro atoms. The van der Waals surface area contributed by atoms with Crippen LogP contribution in [0.2, 0.25) is 0 Å². The Balaban J connectivity index is 1.54. The van der Waals surface area contributed by atoms with Crippen molar-refractivity contribution in [3.8, 4) is 11.5 Å². The van der Waals surface area contributed by atoms with Gasteiger partial charge in [-0.15, -0.1) is 0 Å². The van der Waals surface area contributed by atoms with Crippen molar-refractivity contribution in [2.75, 3.05) is 23.1 Å². The molecule has 1 atom stereocenters. The fraction of sp³-hybridized carbons (Fsp3) is 0.435. The number of rotatable bonds is 9. The van der Waals surface area contributed by atoms with Gasteiger partial charge in [0, 0.05) is 6.54 Å². The van der Waals surface area contributed by atoms with Crippen molar-refractivity contribution in [1.82, 2.24) is 5.32 Å². The molecule has 0 bridgehead atoms. The summed E-state index contributed by atoms with van der Waals surface area (Å²) < 4.78 is 37.7. The van der Waals surface area contributed by atoms with Crippen LogP contribution in [-0.4, -0.2) is 45.4 Å². The Morgan fingerprint density at radius 2 is 1.90 bits per heavy atom. The van der Waals surface area contributed by atoms with Crippen LogP contribution in [0.25, 0.3) is 0 Å². The first-order chi connectivity index (χ1) is 14.8. The zero-order valence-corrected chi connectivity index (χ0v) is 19.0. The second kappa shape index (κ2) is 10.0. The SMILES string of the molecule is CCS(=O)(=O)N1C[C@@H](C(=O)NCCCc2ccc(OC(C)C)cc2)Oc2ccccc21. The first kappa shape index (κ1) is 22.9. The van der Waals surface area contributed by atoms with E-state index in [0.717, 1.165) is 24.2 Å². The number of hydrogen-bond acceptors (Lipinski definition) is 5. The lowest BCUT2D eigenvalue weighted by Crippen LogP contribution is -2.51. The Morgan fingerprint density at radius 3 is 2.58 bits per heavy atom. The van der Waals surface area contributed by atoms with Crippen LogP contribution in [0, 0.1) is 0 Å². The van der Waals surface area contributed by atoms with E-state index in [2.05, 4.69) is 5.32 Å². The van der Waals surface area contributed by atoms with Gasteiger partial charge in [0.25, 0.3) is 5.91 Å². The van der Waals surface area contributed by atoms with Gasteiger partial charge < -0.3 is 14.8 Å². The van der Waals surface area contributed by atoms with E-state index in [1.54, 1.807) is 31.2 Å². The molecule has 0 saturated heterocycles. The molecule has 0 radical (unpaired) electrons. The van der Waals surface area contributed by atoms with Gasteiger partial charge in [-0.1, -0.05) is 24.3 Å². The van der Waals surface area contributed by atoms with Crippen LogP contribution in [-0.2, 0) is 21.2 Å². The van der Waals surface area contributed by atoms with Gasteiger partial charge in [-0.25, -0.2) is 8.42 Å². The molecule has 3 rings (SSSR count). The lowest BCUT2D eigenvalue weighted by atomic mass is 10.1. The minimum Gasteiger partial charge on any atom is -0.491 e. The Hall–Kier alpha value is -2.74. The first-order valence-electron chi connectivity index (χ1n) is 10.6. The Bertz CT molecular complexity index is 989. The van der Waals surface area contributed by atoms with Gasteiger partial charge in [0.05, 0.1) is 24.1 Å². The van der Waals surface area contributed by atoms with Gasteiger partial charge in [-0.2, -0.15) is 0 Å². The maximum Gasteiger partial charge on any atom is 0.263 e. The molecule has 2 aromatic rings. The van der Waals surface area contributed by atoms with Crippen molar-refractivity contribution < 1.29 is 22.7 Å². The standard InChI is InChI=1S/C23H30N2O5S/c1-4-31(27,28)25-16-22(30-21-10-6-5-9-20(21)25)23(26)24-15-7-8-18-11-13-19(14-12-18)29-17(2)3/h5-6,9-14,17,22H,4,7-8,15-16H2,1-3H3,(H,24,26)/t22-/m0/s1. The number of carbonyl (C=O) groups excluding carboxylic acids is 1. The van der Waals surface area contributed by atoms with Crippen LogP contribution < -0.4 is 19.1 Å². The molecule has 1 heterocycles. The highest BCUT2D eigenvalue weighted by atomic mass is 32.2. The second-order valence-electron chi connectivity index (χ2n) is 7.71. The predicted molar refractivity (Wildman–Crippen MR) is 121 cm³/mol. The number of fused-ring (bicyclic) bond motifs is 1. The Morgan fingerprint density at radius 1 is 1.19 bits per heavy atom. The largest absolute Gasteiger partial charge is 0.491 e. The van der Waals surface area contributed by atoms with Gasteiger partial charge in [-0.05, 0) is 63.4 Å². The summed E-state index contributed by atoms with van der Waals surface area (Å²) in [4.78, 5) is 12.7. The number of hydrogen-bond donors (Lipinski definition) is 1. The number of nitrogens with one attached hydrogen (secondary N) is 1. The molecule has 2 aromatic carbocycles. The summed E-state index contributed by atoms with van der Waals surface area (Å²) >= 11 is 0. The summed E-state index contributed by atoms with van der Waals surface area (Å²) in [5.74, 6) is 0.880. The van der Waals surface area contributed by atoms with E-state index in [0.29, 0.717) is 18.0 Å². The normalized spacial score (nSPS) is 15.9. The van der Waals surface area contributed by atoms with E-state index in [4.69, 9.17) is 9.47 Å². The van der Waals surface area contributed by atoms with Crippen molar-refractivity contribution in [3.63, 3.8) is 0 Å². The summed E-state index contributed by atoms with van der Waals surface area (Å²) in [6, 6.07) is 14.8. The molecule has 1 aliphatic rings. The highest BCUT2D eigenvalue weighted by Gasteiger charge is 2.35. The third kappa shape index (κ3) is 5.91. The molecule has 31 heavy (non-hydrogen) atoms. The van der Waals surface area contributed by atoms with E-state index < -0.39 is 16.1 Å². The molecule has 0 aliphatic carbocycles. The minimum atomic E-state index is -3.51. The van der Waals surface area contributed by atoms with Crippen molar-refractivity contribution in [2.45, 2.75) is 45.8 Å². The minimum absolute atomic E-state index is 0.0314. The van der Waals surface area contributed by atoms with E-state index in [9.17, 15) is 13.2 Å². The molecule has 0 aromatic heterocycles. The van der Waals surface area contributed by atoms with Crippen molar-refractivity contribution in [3.05, 3.63) is 54.1 Å². The van der Waals surface area contributed by atoms with E-state index >= 15 is 0 Å². The van der Waals surface area contributed by atoms with Gasteiger partial charge in [0.1, 0.15) is 11.5 Å². The van der Waals surface area contributed by atoms with Crippen molar-refractivity contribution in [2.24, 2.45) is 0 Å². The number of aryl methyl sites for hydroxylation is 1. The number of sulfonamides is 1. The molecular weight excluding hydrogens is 416 g/mol. The van der Waals surface area contributed by atoms with E-state index in [1.807, 2.05) is 38.1 Å². The number of amides is 1. The smallest absolute Gasteiger partial charge is 0.263 e. The molecule has 168 valence electrons. The number of nitrogens with zero attached hydrogens (tertiary/aromatic N) is 1. The number of para-hydroxylation sites is 2. The zero-order valence-electron chi connectivity index (χ0n) is 18.2. The molecule has 7 nitrogen and oxygen atoms in total. The monoisotopic (exact) mass is 446 g/mol. The van der Waals surface area contributed by atoms with Crippen LogP contribution in [0.4, 0.5) is 5.69 Å². The third-order valence-electron chi connectivity index (χ3n) is 4.96. The summed E-state index contributed by atoms with van der Waals surface area (Å²) in [6.45, 7) is 6.01. The fourth-order valence-corrected chi connectivity index (χ4v) is 4.51. The first-order valence-corrected chi connectivity index (χ1v) is 12.2. The molecule has 0 saturated carbocycles. The third-order valence-corrected chi connectivity index (χ3v) is 6.71. The lowest BCUT2D eigenvalue weighted by molar-refractivity contribution is -0.127. The van der Waals surface area contributed by atoms with Crippen LogP contribution in [0.1, 0.15) is 32.8 Å². The molecule has 1 amide bonds. The summed E-state index contributed by atoms with van der Waals surface area (Å²) in [6.07, 6.45) is 0.825. The number of carbonyl (C=O) groups is 1. The van der Waals surface area contributed by atoms with Crippen LogP contribution in [0.5, 0.6) is 11.5 Å². The molecule has 1 aliphatic heterocycles. The van der Waals surface area contributed by atoms with Crippen molar-refractivity contribution in [1.29, 1.82) is 0 Å². The number of ether oxygens (including phenoxy) is 2. The quantitative estimate of drug-likeness (QED) is 0.598. The predicted octanol–water partition coefficient (Wildman–Crippen LogP) is 3.14. The molecule has 0 fully saturated rings. The molecule has 1 N–H and O–H groups in total. The summed E-state index contributed by atoms with van der Waals surface area (Å²) in [5.41, 5.74) is 1.63. The van der Waals surface area contributed by atoms with E-state index in [1.165, 1.54) is 4.31 Å². The summed E-state index contributed by atoms with van der Waals surface area (Å²) in [7, 11) is -3.51. The highest BCUT2D eigenvalue weighted by Crippen LogP contribution is 2.35. The van der Waals surface area contributed by atoms with Gasteiger partial charge in [-0.3, -0.25) is 9.10 Å². The maximum absolute atomic E-state index is 12.7. The number of benzene rings is 2. The second-order valence-corrected chi connectivity index (χ2v) is 9.89. The number of anilines is 1.